The maximum absolute atomic E-state index is 5.53. The molecule has 0 amide bonds. The van der Waals surface area contributed by atoms with Crippen LogP contribution >= 0.6 is 0 Å². The molecule has 3 aromatic rings. The number of nitrogens with one attached hydrogen (secondary N) is 1. The van der Waals surface area contributed by atoms with Crippen LogP contribution in [0.2, 0.25) is 0 Å². The number of rotatable bonds is 8. The lowest BCUT2D eigenvalue weighted by Crippen LogP contribution is -2.14. The Labute approximate surface area is 182 Å². The van der Waals surface area contributed by atoms with Crippen molar-refractivity contribution in [3.63, 3.8) is 0 Å². The number of amidine groups is 1. The molecule has 0 aliphatic carbocycles. The summed E-state index contributed by atoms with van der Waals surface area (Å²) in [5, 5.41) is 3.37. The van der Waals surface area contributed by atoms with Gasteiger partial charge in [-0.25, -0.2) is 4.99 Å². The van der Waals surface area contributed by atoms with Crippen molar-refractivity contribution in [1.29, 1.82) is 0 Å². The molecule has 7 heteroatoms. The van der Waals surface area contributed by atoms with Gasteiger partial charge in [-0.2, -0.15) is 0 Å². The molecule has 0 saturated heterocycles. The van der Waals surface area contributed by atoms with Gasteiger partial charge in [0.15, 0.2) is 0 Å². The summed E-state index contributed by atoms with van der Waals surface area (Å²) in [7, 11) is 8.06. The summed E-state index contributed by atoms with van der Waals surface area (Å²) >= 11 is 0. The Morgan fingerprint density at radius 1 is 0.613 bits per heavy atom. The van der Waals surface area contributed by atoms with E-state index in [4.69, 9.17) is 28.7 Å². The van der Waals surface area contributed by atoms with Crippen molar-refractivity contribution in [3.8, 4) is 28.7 Å². The summed E-state index contributed by atoms with van der Waals surface area (Å²) in [6.45, 7) is 0. The fourth-order valence-electron chi connectivity index (χ4n) is 2.94. The van der Waals surface area contributed by atoms with Gasteiger partial charge in [0.25, 0.3) is 0 Å². The van der Waals surface area contributed by atoms with Gasteiger partial charge >= 0.3 is 0 Å². The van der Waals surface area contributed by atoms with Gasteiger partial charge in [-0.1, -0.05) is 0 Å². The van der Waals surface area contributed by atoms with Crippen LogP contribution in [0, 0.1) is 0 Å². The zero-order chi connectivity index (χ0) is 22.2. The number of benzene rings is 3. The van der Waals surface area contributed by atoms with E-state index in [2.05, 4.69) is 5.32 Å². The largest absolute Gasteiger partial charge is 0.497 e. The molecule has 0 spiro atoms. The second-order valence-electron chi connectivity index (χ2n) is 6.42. The van der Waals surface area contributed by atoms with Gasteiger partial charge in [-0.3, -0.25) is 0 Å². The Hall–Kier alpha value is -3.87. The fraction of sp³-hybridized carbons (Fsp3) is 0.208. The predicted octanol–water partition coefficient (Wildman–Crippen LogP) is 4.92. The van der Waals surface area contributed by atoms with Crippen molar-refractivity contribution in [2.45, 2.75) is 0 Å². The zero-order valence-corrected chi connectivity index (χ0v) is 18.3. The molecule has 7 nitrogen and oxygen atoms in total. The molecular formula is C24H26N2O5. The third-order valence-corrected chi connectivity index (χ3v) is 4.64. The normalized spacial score (nSPS) is 10.9. The van der Waals surface area contributed by atoms with Crippen LogP contribution in [0.15, 0.2) is 65.7 Å². The van der Waals surface area contributed by atoms with Crippen molar-refractivity contribution in [2.24, 2.45) is 4.99 Å². The van der Waals surface area contributed by atoms with Gasteiger partial charge < -0.3 is 29.0 Å². The van der Waals surface area contributed by atoms with Crippen molar-refractivity contribution in [1.82, 2.24) is 0 Å². The van der Waals surface area contributed by atoms with Crippen LogP contribution in [0.4, 0.5) is 11.4 Å². The molecular weight excluding hydrogens is 396 g/mol. The monoisotopic (exact) mass is 422 g/mol. The molecule has 1 N–H and O–H groups in total. The Morgan fingerprint density at radius 3 is 1.74 bits per heavy atom. The smallest absolute Gasteiger partial charge is 0.148 e. The Kier molecular flexibility index (Phi) is 7.22. The number of hydrogen-bond donors (Lipinski definition) is 1. The van der Waals surface area contributed by atoms with Gasteiger partial charge in [0.1, 0.15) is 40.3 Å². The number of anilines is 1. The number of hydrogen-bond acceptors (Lipinski definition) is 6. The van der Waals surface area contributed by atoms with E-state index in [9.17, 15) is 0 Å². The van der Waals surface area contributed by atoms with E-state index in [0.29, 0.717) is 34.5 Å². The first kappa shape index (κ1) is 21.8. The van der Waals surface area contributed by atoms with E-state index in [-0.39, 0.29) is 0 Å². The molecule has 0 unspecified atom stereocenters. The van der Waals surface area contributed by atoms with Crippen LogP contribution in [-0.2, 0) is 0 Å². The Balaban J connectivity index is 2.08. The molecule has 3 rings (SSSR count). The maximum Gasteiger partial charge on any atom is 0.148 e. The first-order chi connectivity index (χ1) is 15.1. The van der Waals surface area contributed by atoms with Crippen LogP contribution in [-0.4, -0.2) is 41.4 Å². The zero-order valence-electron chi connectivity index (χ0n) is 18.3. The second kappa shape index (κ2) is 10.2. The second-order valence-corrected chi connectivity index (χ2v) is 6.42. The average molecular weight is 422 g/mol. The maximum atomic E-state index is 5.53. The first-order valence-electron chi connectivity index (χ1n) is 9.56. The molecule has 0 fully saturated rings. The molecule has 0 atom stereocenters. The van der Waals surface area contributed by atoms with Crippen LogP contribution in [0.25, 0.3) is 0 Å². The molecule has 0 saturated carbocycles. The molecule has 3 aromatic carbocycles. The number of nitrogens with zero attached hydrogens (tertiary/aromatic N) is 1. The Morgan fingerprint density at radius 2 is 1.16 bits per heavy atom. The van der Waals surface area contributed by atoms with Crippen LogP contribution in [0.1, 0.15) is 5.56 Å². The molecule has 0 heterocycles. The standard InChI is InChI=1S/C24H26N2O5/c1-27-17-8-6-16(7-9-17)24(25-20-12-10-18(28-2)14-22(20)30-4)26-21-13-11-19(29-3)15-23(21)31-5/h6-15H,1-5H3,(H,25,26). The van der Waals surface area contributed by atoms with E-state index in [0.717, 1.165) is 17.0 Å². The van der Waals surface area contributed by atoms with Gasteiger partial charge in [-0.05, 0) is 48.5 Å². The van der Waals surface area contributed by atoms with Gasteiger partial charge in [0, 0.05) is 17.7 Å². The molecule has 0 aromatic heterocycles. The van der Waals surface area contributed by atoms with Gasteiger partial charge in [0.2, 0.25) is 0 Å². The quantitative estimate of drug-likeness (QED) is 0.410. The first-order valence-corrected chi connectivity index (χ1v) is 9.56. The third-order valence-electron chi connectivity index (χ3n) is 4.64. The summed E-state index contributed by atoms with van der Waals surface area (Å²) in [6.07, 6.45) is 0. The average Bonchev–Trinajstić information content (AvgIpc) is 2.83. The Bertz CT molecular complexity index is 1050. The van der Waals surface area contributed by atoms with Crippen LogP contribution in [0.5, 0.6) is 28.7 Å². The number of ether oxygens (including phenoxy) is 5. The van der Waals surface area contributed by atoms with E-state index >= 15 is 0 Å². The highest BCUT2D eigenvalue weighted by atomic mass is 16.5. The lowest BCUT2D eigenvalue weighted by molar-refractivity contribution is 0.395. The van der Waals surface area contributed by atoms with Crippen LogP contribution in [0.3, 0.4) is 0 Å². The van der Waals surface area contributed by atoms with E-state index < -0.39 is 0 Å². The minimum absolute atomic E-state index is 0.592. The molecule has 0 aliphatic heterocycles. The third kappa shape index (κ3) is 5.19. The van der Waals surface area contributed by atoms with Crippen molar-refractivity contribution < 1.29 is 23.7 Å². The molecule has 162 valence electrons. The van der Waals surface area contributed by atoms with Crippen molar-refractivity contribution >= 4 is 17.2 Å². The number of aliphatic imine (C=N–C) groups is 1. The summed E-state index contributed by atoms with van der Waals surface area (Å²) in [5.41, 5.74) is 2.25. The SMILES string of the molecule is COc1ccc(C(=Nc2ccc(OC)cc2OC)Nc2ccc(OC)cc2OC)cc1. The lowest BCUT2D eigenvalue weighted by Gasteiger charge is -2.16. The summed E-state index contributed by atoms with van der Waals surface area (Å²) in [5.74, 6) is 3.96. The van der Waals surface area contributed by atoms with E-state index in [1.807, 2.05) is 54.6 Å². The number of methoxy groups -OCH3 is 5. The summed E-state index contributed by atoms with van der Waals surface area (Å²) in [4.78, 5) is 4.84. The molecule has 0 aliphatic rings. The topological polar surface area (TPSA) is 70.5 Å². The highest BCUT2D eigenvalue weighted by Gasteiger charge is 2.12. The van der Waals surface area contributed by atoms with E-state index in [1.54, 1.807) is 41.6 Å². The van der Waals surface area contributed by atoms with E-state index in [1.165, 1.54) is 0 Å². The summed E-state index contributed by atoms with van der Waals surface area (Å²) < 4.78 is 26.9. The molecule has 0 bridgehead atoms. The minimum Gasteiger partial charge on any atom is -0.497 e. The van der Waals surface area contributed by atoms with Crippen molar-refractivity contribution in [3.05, 3.63) is 66.2 Å². The highest BCUT2D eigenvalue weighted by Crippen LogP contribution is 2.34. The van der Waals surface area contributed by atoms with Crippen LogP contribution < -0.4 is 29.0 Å². The molecule has 31 heavy (non-hydrogen) atoms. The minimum atomic E-state index is 0.592. The highest BCUT2D eigenvalue weighted by molar-refractivity contribution is 6.10. The lowest BCUT2D eigenvalue weighted by atomic mass is 10.1. The molecule has 0 radical (unpaired) electrons. The summed E-state index contributed by atoms with van der Waals surface area (Å²) in [6, 6.07) is 18.6. The van der Waals surface area contributed by atoms with Gasteiger partial charge in [-0.15, -0.1) is 0 Å². The van der Waals surface area contributed by atoms with Crippen molar-refractivity contribution in [2.75, 3.05) is 40.9 Å². The van der Waals surface area contributed by atoms with Gasteiger partial charge in [0.05, 0.1) is 41.2 Å². The fourth-order valence-corrected chi connectivity index (χ4v) is 2.94. The predicted molar refractivity (Wildman–Crippen MR) is 122 cm³/mol.